The molecule has 2 amide bonds. The Morgan fingerprint density at radius 1 is 1.12 bits per heavy atom. The first-order valence-corrected chi connectivity index (χ1v) is 9.06. The van der Waals surface area contributed by atoms with Crippen LogP contribution in [0.25, 0.3) is 0 Å². The molecule has 1 aliphatic rings. The highest BCUT2D eigenvalue weighted by Crippen LogP contribution is 2.31. The summed E-state index contributed by atoms with van der Waals surface area (Å²) in [5.41, 5.74) is 1.57. The fraction of sp³-hybridized carbons (Fsp3) is 0.300. The first-order valence-electron chi connectivity index (χ1n) is 8.68. The fourth-order valence-corrected chi connectivity index (χ4v) is 3.04. The van der Waals surface area contributed by atoms with Gasteiger partial charge in [0.25, 0.3) is 5.91 Å². The minimum Gasteiger partial charge on any atom is -0.493 e. The van der Waals surface area contributed by atoms with Crippen LogP contribution in [-0.4, -0.2) is 25.0 Å². The standard InChI is InChI=1S/C20H21ClN2O3/c21-15-9-7-14(8-10-15)20(25)22-12-3-6-19(24)23-17-11-13-26-18-5-2-1-4-16(17)18/h1-2,4-5,7-10,17H,3,6,11-13H2,(H,22,25)(H,23,24)/t17-/m1/s1. The quantitative estimate of drug-likeness (QED) is 0.763. The van der Waals surface area contributed by atoms with E-state index in [-0.39, 0.29) is 17.9 Å². The van der Waals surface area contributed by atoms with Gasteiger partial charge in [0.05, 0.1) is 12.6 Å². The molecule has 3 rings (SSSR count). The first-order chi connectivity index (χ1) is 12.6. The van der Waals surface area contributed by atoms with E-state index in [1.165, 1.54) is 0 Å². The van der Waals surface area contributed by atoms with Crippen molar-refractivity contribution in [3.63, 3.8) is 0 Å². The zero-order valence-corrected chi connectivity index (χ0v) is 15.1. The summed E-state index contributed by atoms with van der Waals surface area (Å²) in [4.78, 5) is 24.2. The average Bonchev–Trinajstić information content (AvgIpc) is 2.66. The molecule has 136 valence electrons. The number of para-hydroxylation sites is 1. The van der Waals surface area contributed by atoms with Crippen LogP contribution < -0.4 is 15.4 Å². The number of halogens is 1. The van der Waals surface area contributed by atoms with Crippen molar-refractivity contribution in [3.05, 3.63) is 64.7 Å². The third-order valence-corrected chi connectivity index (χ3v) is 4.52. The summed E-state index contributed by atoms with van der Waals surface area (Å²) in [6.45, 7) is 1.04. The highest BCUT2D eigenvalue weighted by molar-refractivity contribution is 6.30. The van der Waals surface area contributed by atoms with Crippen molar-refractivity contribution in [2.24, 2.45) is 0 Å². The molecule has 0 bridgehead atoms. The number of amides is 2. The van der Waals surface area contributed by atoms with Gasteiger partial charge in [-0.15, -0.1) is 0 Å². The molecule has 0 saturated carbocycles. The molecular formula is C20H21ClN2O3. The number of rotatable bonds is 6. The SMILES string of the molecule is O=C(CCCNC(=O)c1ccc(Cl)cc1)N[C@@H]1CCOc2ccccc21. The number of hydrogen-bond acceptors (Lipinski definition) is 3. The Hall–Kier alpha value is -2.53. The van der Waals surface area contributed by atoms with Gasteiger partial charge in [0.2, 0.25) is 5.91 Å². The lowest BCUT2D eigenvalue weighted by molar-refractivity contribution is -0.122. The molecule has 6 heteroatoms. The van der Waals surface area contributed by atoms with Crippen molar-refractivity contribution in [2.45, 2.75) is 25.3 Å². The van der Waals surface area contributed by atoms with Crippen LogP contribution in [0.5, 0.6) is 5.75 Å². The lowest BCUT2D eigenvalue weighted by Gasteiger charge is -2.26. The van der Waals surface area contributed by atoms with Gasteiger partial charge in [-0.2, -0.15) is 0 Å². The topological polar surface area (TPSA) is 67.4 Å². The summed E-state index contributed by atoms with van der Waals surface area (Å²) in [6.07, 6.45) is 1.70. The molecule has 2 N–H and O–H groups in total. The Balaban J connectivity index is 1.41. The zero-order chi connectivity index (χ0) is 18.4. The summed E-state index contributed by atoms with van der Waals surface area (Å²) in [5.74, 6) is 0.646. The normalized spacial score (nSPS) is 15.5. The van der Waals surface area contributed by atoms with Crippen LogP contribution >= 0.6 is 11.6 Å². The molecule has 0 aromatic heterocycles. The fourth-order valence-electron chi connectivity index (χ4n) is 2.91. The maximum Gasteiger partial charge on any atom is 0.251 e. The zero-order valence-electron chi connectivity index (χ0n) is 14.3. The average molecular weight is 373 g/mol. The maximum atomic E-state index is 12.2. The number of fused-ring (bicyclic) bond motifs is 1. The number of carbonyl (C=O) groups is 2. The lowest BCUT2D eigenvalue weighted by Crippen LogP contribution is -2.32. The number of hydrogen-bond donors (Lipinski definition) is 2. The highest BCUT2D eigenvalue weighted by Gasteiger charge is 2.22. The molecule has 1 aliphatic heterocycles. The van der Waals surface area contributed by atoms with Gasteiger partial charge < -0.3 is 15.4 Å². The van der Waals surface area contributed by atoms with Crippen LogP contribution in [0.3, 0.4) is 0 Å². The highest BCUT2D eigenvalue weighted by atomic mass is 35.5. The third-order valence-electron chi connectivity index (χ3n) is 4.27. The summed E-state index contributed by atoms with van der Waals surface area (Å²) in [7, 11) is 0. The molecule has 0 fully saturated rings. The van der Waals surface area contributed by atoms with Crippen molar-refractivity contribution in [3.8, 4) is 5.75 Å². The van der Waals surface area contributed by atoms with E-state index in [9.17, 15) is 9.59 Å². The van der Waals surface area contributed by atoms with Crippen LogP contribution in [0.2, 0.25) is 5.02 Å². The van der Waals surface area contributed by atoms with Gasteiger partial charge in [-0.25, -0.2) is 0 Å². The van der Waals surface area contributed by atoms with Crippen LogP contribution in [0.15, 0.2) is 48.5 Å². The van der Waals surface area contributed by atoms with Gasteiger partial charge in [-0.05, 0) is 36.8 Å². The van der Waals surface area contributed by atoms with E-state index in [1.807, 2.05) is 24.3 Å². The summed E-state index contributed by atoms with van der Waals surface area (Å²) in [5, 5.41) is 6.46. The minimum absolute atomic E-state index is 0.0175. The smallest absolute Gasteiger partial charge is 0.251 e. The molecular weight excluding hydrogens is 352 g/mol. The monoisotopic (exact) mass is 372 g/mol. The van der Waals surface area contributed by atoms with E-state index in [4.69, 9.17) is 16.3 Å². The Morgan fingerprint density at radius 3 is 2.69 bits per heavy atom. The molecule has 26 heavy (non-hydrogen) atoms. The van der Waals surface area contributed by atoms with E-state index in [1.54, 1.807) is 24.3 Å². The van der Waals surface area contributed by atoms with Crippen molar-refractivity contribution >= 4 is 23.4 Å². The number of nitrogens with one attached hydrogen (secondary N) is 2. The molecule has 2 aromatic carbocycles. The van der Waals surface area contributed by atoms with E-state index in [0.717, 1.165) is 17.7 Å². The summed E-state index contributed by atoms with van der Waals surface area (Å²) in [6, 6.07) is 14.4. The first kappa shape index (κ1) is 18.3. The number of benzene rings is 2. The van der Waals surface area contributed by atoms with E-state index in [2.05, 4.69) is 10.6 Å². The number of carbonyl (C=O) groups excluding carboxylic acids is 2. The van der Waals surface area contributed by atoms with Crippen molar-refractivity contribution < 1.29 is 14.3 Å². The summed E-state index contributed by atoms with van der Waals surface area (Å²) < 4.78 is 5.60. The van der Waals surface area contributed by atoms with Gasteiger partial charge in [-0.1, -0.05) is 29.8 Å². The second kappa shape index (κ2) is 8.72. The molecule has 0 aliphatic carbocycles. The largest absolute Gasteiger partial charge is 0.493 e. The van der Waals surface area contributed by atoms with Crippen LogP contribution in [-0.2, 0) is 4.79 Å². The lowest BCUT2D eigenvalue weighted by atomic mass is 10.0. The van der Waals surface area contributed by atoms with Crippen molar-refractivity contribution in [1.82, 2.24) is 10.6 Å². The van der Waals surface area contributed by atoms with Gasteiger partial charge >= 0.3 is 0 Å². The molecule has 1 atom stereocenters. The molecule has 2 aromatic rings. The predicted octanol–water partition coefficient (Wildman–Crippen LogP) is 3.49. The maximum absolute atomic E-state index is 12.2. The van der Waals surface area contributed by atoms with Gasteiger partial charge in [0, 0.05) is 35.5 Å². The van der Waals surface area contributed by atoms with Crippen LogP contribution in [0, 0.1) is 0 Å². The van der Waals surface area contributed by atoms with Gasteiger partial charge in [0.1, 0.15) is 5.75 Å². The molecule has 0 saturated heterocycles. The molecule has 0 spiro atoms. The van der Waals surface area contributed by atoms with E-state index >= 15 is 0 Å². The Bertz CT molecular complexity index is 777. The van der Waals surface area contributed by atoms with Crippen LogP contribution in [0.4, 0.5) is 0 Å². The molecule has 0 unspecified atom stereocenters. The second-order valence-corrected chi connectivity index (χ2v) is 6.60. The van der Waals surface area contributed by atoms with E-state index in [0.29, 0.717) is 36.6 Å². The Labute approximate surface area is 157 Å². The predicted molar refractivity (Wildman–Crippen MR) is 100 cm³/mol. The van der Waals surface area contributed by atoms with Crippen molar-refractivity contribution in [1.29, 1.82) is 0 Å². The van der Waals surface area contributed by atoms with E-state index < -0.39 is 0 Å². The molecule has 0 radical (unpaired) electrons. The second-order valence-electron chi connectivity index (χ2n) is 6.16. The molecule has 5 nitrogen and oxygen atoms in total. The van der Waals surface area contributed by atoms with Gasteiger partial charge in [-0.3, -0.25) is 9.59 Å². The molecule has 1 heterocycles. The Kier molecular flexibility index (Phi) is 6.12. The van der Waals surface area contributed by atoms with Crippen LogP contribution in [0.1, 0.15) is 41.2 Å². The number of ether oxygens (including phenoxy) is 1. The van der Waals surface area contributed by atoms with Crippen molar-refractivity contribution in [2.75, 3.05) is 13.2 Å². The minimum atomic E-state index is -0.166. The Morgan fingerprint density at radius 2 is 1.88 bits per heavy atom. The van der Waals surface area contributed by atoms with Gasteiger partial charge in [0.15, 0.2) is 0 Å². The summed E-state index contributed by atoms with van der Waals surface area (Å²) >= 11 is 5.81. The third kappa shape index (κ3) is 4.76.